The minimum absolute atomic E-state index is 0.0375. The molecule has 0 saturated carbocycles. The summed E-state index contributed by atoms with van der Waals surface area (Å²) in [6.45, 7) is 2.87. The molecule has 1 aromatic rings. The Bertz CT molecular complexity index is 564. The van der Waals surface area contributed by atoms with Gasteiger partial charge in [0.1, 0.15) is 4.88 Å². The molecule has 20 heavy (non-hydrogen) atoms. The molecule has 0 saturated heterocycles. The maximum atomic E-state index is 12.1. The third-order valence-electron chi connectivity index (χ3n) is 2.70. The van der Waals surface area contributed by atoms with Crippen LogP contribution in [0.15, 0.2) is 11.0 Å². The number of sulfonamides is 1. The number of unbranched alkanes of at least 4 members (excludes halogenated alkanes) is 1. The highest BCUT2D eigenvalue weighted by Crippen LogP contribution is 2.25. The Morgan fingerprint density at radius 3 is 2.55 bits per heavy atom. The number of nitrogens with zero attached hydrogens (tertiary/aromatic N) is 1. The minimum Gasteiger partial charge on any atom is -0.477 e. The fourth-order valence-corrected chi connectivity index (χ4v) is 4.18. The van der Waals surface area contributed by atoms with Crippen LogP contribution in [-0.4, -0.2) is 51.6 Å². The summed E-state index contributed by atoms with van der Waals surface area (Å²) in [5.41, 5.74) is 0. The first-order valence-electron chi connectivity index (χ1n) is 6.22. The second-order valence-electron chi connectivity index (χ2n) is 4.74. The molecule has 0 amide bonds. The number of rotatable bonds is 8. The van der Waals surface area contributed by atoms with Crippen molar-refractivity contribution in [2.24, 2.45) is 0 Å². The quantitative estimate of drug-likeness (QED) is 0.707. The molecule has 0 aromatic carbocycles. The SMILES string of the molecule is Cc1sc(C(=O)O)cc1S(=O)(=O)NCCCCN(C)C. The Morgan fingerprint density at radius 2 is 2.05 bits per heavy atom. The summed E-state index contributed by atoms with van der Waals surface area (Å²) in [7, 11) is 0.308. The first kappa shape index (κ1) is 17.1. The van der Waals surface area contributed by atoms with E-state index in [1.165, 1.54) is 6.07 Å². The second kappa shape index (κ2) is 7.16. The lowest BCUT2D eigenvalue weighted by Gasteiger charge is -2.09. The van der Waals surface area contributed by atoms with E-state index in [1.54, 1.807) is 6.92 Å². The van der Waals surface area contributed by atoms with Gasteiger partial charge in [0.2, 0.25) is 10.0 Å². The van der Waals surface area contributed by atoms with Gasteiger partial charge in [-0.15, -0.1) is 11.3 Å². The van der Waals surface area contributed by atoms with Gasteiger partial charge in [0.15, 0.2) is 0 Å². The summed E-state index contributed by atoms with van der Waals surface area (Å²) in [4.78, 5) is 13.5. The fraction of sp³-hybridized carbons (Fsp3) is 0.583. The molecule has 0 atom stereocenters. The van der Waals surface area contributed by atoms with Crippen LogP contribution in [0.4, 0.5) is 0 Å². The molecule has 0 aliphatic heterocycles. The van der Waals surface area contributed by atoms with Crippen LogP contribution in [0.2, 0.25) is 0 Å². The highest BCUT2D eigenvalue weighted by atomic mass is 32.2. The maximum Gasteiger partial charge on any atom is 0.345 e. The van der Waals surface area contributed by atoms with Crippen molar-refractivity contribution in [2.45, 2.75) is 24.7 Å². The number of carbonyl (C=O) groups is 1. The molecule has 0 aliphatic rings. The Hall–Kier alpha value is -0.960. The van der Waals surface area contributed by atoms with Crippen LogP contribution in [-0.2, 0) is 10.0 Å². The second-order valence-corrected chi connectivity index (χ2v) is 7.74. The number of aryl methyl sites for hydroxylation is 1. The van der Waals surface area contributed by atoms with Gasteiger partial charge in [-0.1, -0.05) is 0 Å². The van der Waals surface area contributed by atoms with Gasteiger partial charge in [0.25, 0.3) is 0 Å². The molecule has 6 nitrogen and oxygen atoms in total. The first-order chi connectivity index (χ1) is 9.24. The highest BCUT2D eigenvalue weighted by Gasteiger charge is 2.21. The Labute approximate surface area is 123 Å². The molecule has 0 bridgehead atoms. The number of carboxylic acid groups (broad SMARTS) is 1. The van der Waals surface area contributed by atoms with E-state index in [0.717, 1.165) is 30.7 Å². The van der Waals surface area contributed by atoms with Gasteiger partial charge in [-0.2, -0.15) is 0 Å². The van der Waals surface area contributed by atoms with Gasteiger partial charge in [0, 0.05) is 11.4 Å². The summed E-state index contributed by atoms with van der Waals surface area (Å²) in [6, 6.07) is 1.21. The molecule has 114 valence electrons. The molecule has 1 rings (SSSR count). The molecule has 0 aliphatic carbocycles. The summed E-state index contributed by atoms with van der Waals surface area (Å²) in [5.74, 6) is -1.11. The van der Waals surface area contributed by atoms with Gasteiger partial charge in [0.05, 0.1) is 4.90 Å². The number of carboxylic acids is 1. The molecule has 8 heteroatoms. The number of aromatic carboxylic acids is 1. The fourth-order valence-electron chi connectivity index (χ4n) is 1.67. The summed E-state index contributed by atoms with van der Waals surface area (Å²) >= 11 is 0.972. The van der Waals surface area contributed by atoms with Crippen molar-refractivity contribution in [3.05, 3.63) is 15.8 Å². The Morgan fingerprint density at radius 1 is 1.40 bits per heavy atom. The van der Waals surface area contributed by atoms with Crippen molar-refractivity contribution >= 4 is 27.3 Å². The zero-order valence-electron chi connectivity index (χ0n) is 11.8. The predicted octanol–water partition coefficient (Wildman–Crippen LogP) is 1.37. The van der Waals surface area contributed by atoms with Crippen molar-refractivity contribution < 1.29 is 18.3 Å². The largest absolute Gasteiger partial charge is 0.477 e. The van der Waals surface area contributed by atoms with Crippen molar-refractivity contribution in [1.82, 2.24) is 9.62 Å². The standard InChI is InChI=1S/C12H20N2O4S2/c1-9-11(8-10(19-9)12(15)16)20(17,18)13-6-4-5-7-14(2)3/h8,13H,4-7H2,1-3H3,(H,15,16). The van der Waals surface area contributed by atoms with Crippen LogP contribution in [0.3, 0.4) is 0 Å². The van der Waals surface area contributed by atoms with E-state index in [0.29, 0.717) is 11.4 Å². The molecular formula is C12H20N2O4S2. The van der Waals surface area contributed by atoms with Crippen LogP contribution in [0.1, 0.15) is 27.4 Å². The third-order valence-corrected chi connectivity index (χ3v) is 5.45. The van der Waals surface area contributed by atoms with Gasteiger partial charge in [-0.05, 0) is 46.5 Å². The zero-order chi connectivity index (χ0) is 15.3. The summed E-state index contributed by atoms with van der Waals surface area (Å²) in [6.07, 6.45) is 1.64. The van der Waals surface area contributed by atoms with Crippen molar-refractivity contribution in [3.63, 3.8) is 0 Å². The Kier molecular flexibility index (Phi) is 6.12. The van der Waals surface area contributed by atoms with Crippen LogP contribution >= 0.6 is 11.3 Å². The topological polar surface area (TPSA) is 86.7 Å². The van der Waals surface area contributed by atoms with Gasteiger partial charge < -0.3 is 10.0 Å². The molecular weight excluding hydrogens is 300 g/mol. The van der Waals surface area contributed by atoms with Gasteiger partial charge in [-0.25, -0.2) is 17.9 Å². The normalized spacial score (nSPS) is 12.0. The predicted molar refractivity (Wildman–Crippen MR) is 79.0 cm³/mol. The minimum atomic E-state index is -3.62. The third kappa shape index (κ3) is 4.86. The van der Waals surface area contributed by atoms with Crippen molar-refractivity contribution in [3.8, 4) is 0 Å². The average Bonchev–Trinajstić information content (AvgIpc) is 2.71. The molecule has 1 aromatic heterocycles. The average molecular weight is 320 g/mol. The van der Waals surface area contributed by atoms with Crippen molar-refractivity contribution in [1.29, 1.82) is 0 Å². The molecule has 0 radical (unpaired) electrons. The number of hydrogen-bond donors (Lipinski definition) is 2. The first-order valence-corrected chi connectivity index (χ1v) is 8.52. The zero-order valence-corrected chi connectivity index (χ0v) is 13.5. The van der Waals surface area contributed by atoms with E-state index in [2.05, 4.69) is 4.72 Å². The lowest BCUT2D eigenvalue weighted by Crippen LogP contribution is -2.25. The van der Waals surface area contributed by atoms with Crippen molar-refractivity contribution in [2.75, 3.05) is 27.2 Å². The van der Waals surface area contributed by atoms with E-state index in [-0.39, 0.29) is 9.77 Å². The number of hydrogen-bond acceptors (Lipinski definition) is 5. The summed E-state index contributed by atoms with van der Waals surface area (Å²) < 4.78 is 26.7. The number of nitrogens with one attached hydrogen (secondary N) is 1. The molecule has 0 unspecified atom stereocenters. The molecule has 0 fully saturated rings. The molecule has 1 heterocycles. The van der Waals surface area contributed by atoms with Crippen LogP contribution < -0.4 is 4.72 Å². The summed E-state index contributed by atoms with van der Waals surface area (Å²) in [5, 5.41) is 8.88. The Balaban J connectivity index is 2.63. The van der Waals surface area contributed by atoms with E-state index < -0.39 is 16.0 Å². The smallest absolute Gasteiger partial charge is 0.345 e. The van der Waals surface area contributed by atoms with Gasteiger partial charge in [-0.3, -0.25) is 0 Å². The lowest BCUT2D eigenvalue weighted by atomic mass is 10.3. The van der Waals surface area contributed by atoms with E-state index in [4.69, 9.17) is 5.11 Å². The maximum absolute atomic E-state index is 12.1. The van der Waals surface area contributed by atoms with E-state index >= 15 is 0 Å². The van der Waals surface area contributed by atoms with E-state index in [1.807, 2.05) is 19.0 Å². The van der Waals surface area contributed by atoms with Crippen LogP contribution in [0, 0.1) is 6.92 Å². The van der Waals surface area contributed by atoms with Crippen LogP contribution in [0.25, 0.3) is 0 Å². The highest BCUT2D eigenvalue weighted by molar-refractivity contribution is 7.89. The van der Waals surface area contributed by atoms with E-state index in [9.17, 15) is 13.2 Å². The van der Waals surface area contributed by atoms with Crippen LogP contribution in [0.5, 0.6) is 0 Å². The lowest BCUT2D eigenvalue weighted by molar-refractivity contribution is 0.0702. The number of thiophene rings is 1. The molecule has 0 spiro atoms. The molecule has 2 N–H and O–H groups in total. The monoisotopic (exact) mass is 320 g/mol. The van der Waals surface area contributed by atoms with Gasteiger partial charge >= 0.3 is 5.97 Å².